The zero-order chi connectivity index (χ0) is 17.2. The van der Waals surface area contributed by atoms with Crippen molar-refractivity contribution < 1.29 is 22.4 Å². The maximum atomic E-state index is 12.8. The zero-order valence-corrected chi connectivity index (χ0v) is 15.8. The molecule has 138 valence electrons. The molecular weight excluding hydrogens is 356 g/mol. The lowest BCUT2D eigenvalue weighted by molar-refractivity contribution is 0.0595. The normalized spacial score (nSPS) is 16.7. The summed E-state index contributed by atoms with van der Waals surface area (Å²) in [6.45, 7) is 3.27. The monoisotopic (exact) mass is 380 g/mol. The molecule has 0 amide bonds. The number of nitrogens with two attached hydrogens (primary N) is 1. The van der Waals surface area contributed by atoms with E-state index in [0.29, 0.717) is 0 Å². The van der Waals surface area contributed by atoms with Gasteiger partial charge in [-0.05, 0) is 32.6 Å². The van der Waals surface area contributed by atoms with E-state index in [2.05, 4.69) is 9.46 Å². The van der Waals surface area contributed by atoms with Crippen molar-refractivity contribution in [1.29, 1.82) is 0 Å². The lowest BCUT2D eigenvalue weighted by atomic mass is 9.99. The summed E-state index contributed by atoms with van der Waals surface area (Å²) in [4.78, 5) is 11.8. The van der Waals surface area contributed by atoms with Gasteiger partial charge in [-0.1, -0.05) is 12.8 Å². The fourth-order valence-corrected chi connectivity index (χ4v) is 5.00. The van der Waals surface area contributed by atoms with Gasteiger partial charge in [0, 0.05) is 12.6 Å². The topological polar surface area (TPSA) is 112 Å². The van der Waals surface area contributed by atoms with Crippen molar-refractivity contribution in [3.63, 3.8) is 0 Å². The Morgan fingerprint density at radius 2 is 1.92 bits per heavy atom. The predicted molar refractivity (Wildman–Crippen MR) is 91.9 cm³/mol. The molecule has 1 unspecified atom stereocenters. The molecule has 1 aliphatic rings. The third kappa shape index (κ3) is 4.11. The van der Waals surface area contributed by atoms with Gasteiger partial charge in [0.25, 0.3) is 0 Å². The summed E-state index contributed by atoms with van der Waals surface area (Å²) in [5.74, 6) is -0.118. The van der Waals surface area contributed by atoms with Gasteiger partial charge in [0.15, 0.2) is 0 Å². The van der Waals surface area contributed by atoms with Crippen LogP contribution in [0.3, 0.4) is 0 Å². The highest BCUT2D eigenvalue weighted by atomic mass is 35.5. The largest absolute Gasteiger partial charge is 0.465 e. The average Bonchev–Trinajstić information content (AvgIpc) is 3.11. The molecule has 1 atom stereocenters. The number of esters is 1. The molecule has 1 aromatic heterocycles. The van der Waals surface area contributed by atoms with E-state index in [0.717, 1.165) is 25.7 Å². The van der Waals surface area contributed by atoms with Gasteiger partial charge in [-0.25, -0.2) is 17.9 Å². The van der Waals surface area contributed by atoms with E-state index in [1.807, 2.05) is 0 Å². The SMILES string of the molecule is COC(=O)c1c(C)oc(C)c1S(=O)(=O)NC(CN)C1CCCC1.Cl. The number of hydrogen-bond donors (Lipinski definition) is 2. The van der Waals surface area contributed by atoms with Crippen LogP contribution in [0, 0.1) is 19.8 Å². The fraction of sp³-hybridized carbons (Fsp3) is 0.667. The highest BCUT2D eigenvalue weighted by Crippen LogP contribution is 2.31. The van der Waals surface area contributed by atoms with Crippen LogP contribution in [-0.4, -0.2) is 34.1 Å². The van der Waals surface area contributed by atoms with E-state index in [1.165, 1.54) is 21.0 Å². The molecule has 0 aromatic carbocycles. The summed E-state index contributed by atoms with van der Waals surface area (Å²) < 4.78 is 38.3. The van der Waals surface area contributed by atoms with Crippen molar-refractivity contribution in [3.8, 4) is 0 Å². The van der Waals surface area contributed by atoms with E-state index >= 15 is 0 Å². The van der Waals surface area contributed by atoms with Crippen LogP contribution in [0.2, 0.25) is 0 Å². The first kappa shape index (κ1) is 21.0. The van der Waals surface area contributed by atoms with Gasteiger partial charge in [-0.3, -0.25) is 0 Å². The number of carbonyl (C=O) groups is 1. The summed E-state index contributed by atoms with van der Waals surface area (Å²) in [6.07, 6.45) is 4.08. The van der Waals surface area contributed by atoms with Gasteiger partial charge >= 0.3 is 5.97 Å². The Bertz CT molecular complexity index is 680. The molecule has 1 aromatic rings. The summed E-state index contributed by atoms with van der Waals surface area (Å²) >= 11 is 0. The Hall–Kier alpha value is -1.09. The predicted octanol–water partition coefficient (Wildman–Crippen LogP) is 1.90. The smallest absolute Gasteiger partial charge is 0.342 e. The van der Waals surface area contributed by atoms with Gasteiger partial charge in [-0.2, -0.15) is 0 Å². The zero-order valence-electron chi connectivity index (χ0n) is 14.1. The molecule has 2 rings (SSSR count). The van der Waals surface area contributed by atoms with Crippen molar-refractivity contribution in [1.82, 2.24) is 4.72 Å². The number of furan rings is 1. The molecule has 0 bridgehead atoms. The van der Waals surface area contributed by atoms with Crippen molar-refractivity contribution >= 4 is 28.4 Å². The van der Waals surface area contributed by atoms with E-state index in [-0.39, 0.29) is 52.9 Å². The van der Waals surface area contributed by atoms with Crippen molar-refractivity contribution in [3.05, 3.63) is 17.1 Å². The molecule has 7 nitrogen and oxygen atoms in total. The van der Waals surface area contributed by atoms with Crippen LogP contribution in [0.5, 0.6) is 0 Å². The van der Waals surface area contributed by atoms with Crippen LogP contribution in [0.1, 0.15) is 47.6 Å². The highest BCUT2D eigenvalue weighted by Gasteiger charge is 2.35. The second-order valence-corrected chi connectivity index (χ2v) is 7.57. The Labute approximate surface area is 148 Å². The Kier molecular flexibility index (Phi) is 7.27. The molecule has 1 aliphatic carbocycles. The molecule has 1 fully saturated rings. The maximum Gasteiger partial charge on any atom is 0.342 e. The average molecular weight is 381 g/mol. The van der Waals surface area contributed by atoms with Crippen LogP contribution in [-0.2, 0) is 14.8 Å². The number of aryl methyl sites for hydroxylation is 2. The molecule has 3 N–H and O–H groups in total. The van der Waals surface area contributed by atoms with E-state index in [1.54, 1.807) is 0 Å². The summed E-state index contributed by atoms with van der Waals surface area (Å²) in [6, 6.07) is -0.345. The first-order valence-corrected chi connectivity index (χ1v) is 9.20. The third-order valence-electron chi connectivity index (χ3n) is 4.39. The Morgan fingerprint density at radius 1 is 1.33 bits per heavy atom. The molecule has 1 saturated carbocycles. The number of rotatable bonds is 6. The standard InChI is InChI=1S/C15H24N2O5S.ClH/c1-9-13(15(18)21-3)14(10(2)22-9)23(19,20)17-12(8-16)11-6-4-5-7-11;/h11-12,17H,4-8,16H2,1-3H3;1H. The van der Waals surface area contributed by atoms with Gasteiger partial charge in [0.2, 0.25) is 10.0 Å². The maximum absolute atomic E-state index is 12.8. The second-order valence-electron chi connectivity index (χ2n) is 5.92. The van der Waals surface area contributed by atoms with Crippen molar-refractivity contribution in [2.45, 2.75) is 50.5 Å². The van der Waals surface area contributed by atoms with E-state index in [4.69, 9.17) is 10.2 Å². The van der Waals surface area contributed by atoms with E-state index < -0.39 is 16.0 Å². The summed E-state index contributed by atoms with van der Waals surface area (Å²) in [7, 11) is -2.73. The van der Waals surface area contributed by atoms with Gasteiger partial charge < -0.3 is 14.9 Å². The summed E-state index contributed by atoms with van der Waals surface area (Å²) in [5.41, 5.74) is 5.71. The van der Waals surface area contributed by atoms with Crippen LogP contribution in [0.25, 0.3) is 0 Å². The Balaban J connectivity index is 0.00000288. The quantitative estimate of drug-likeness (QED) is 0.729. The van der Waals surface area contributed by atoms with Crippen LogP contribution >= 0.6 is 12.4 Å². The van der Waals surface area contributed by atoms with Gasteiger partial charge in [-0.15, -0.1) is 12.4 Å². The molecule has 9 heteroatoms. The first-order chi connectivity index (χ1) is 10.8. The number of hydrogen-bond acceptors (Lipinski definition) is 6. The molecular formula is C15H25ClN2O5S. The fourth-order valence-electron chi connectivity index (χ4n) is 3.28. The molecule has 0 spiro atoms. The molecule has 1 heterocycles. The molecule has 0 aliphatic heterocycles. The highest BCUT2D eigenvalue weighted by molar-refractivity contribution is 7.89. The van der Waals surface area contributed by atoms with Crippen LogP contribution < -0.4 is 10.5 Å². The van der Waals surface area contributed by atoms with Gasteiger partial charge in [0.05, 0.1) is 7.11 Å². The first-order valence-electron chi connectivity index (χ1n) is 7.72. The van der Waals surface area contributed by atoms with Crippen LogP contribution in [0.4, 0.5) is 0 Å². The molecule has 0 radical (unpaired) electrons. The minimum Gasteiger partial charge on any atom is -0.465 e. The number of sulfonamides is 1. The number of methoxy groups -OCH3 is 1. The number of halogens is 1. The van der Waals surface area contributed by atoms with Crippen molar-refractivity contribution in [2.75, 3.05) is 13.7 Å². The van der Waals surface area contributed by atoms with Gasteiger partial charge in [0.1, 0.15) is 22.0 Å². The van der Waals surface area contributed by atoms with E-state index in [9.17, 15) is 13.2 Å². The number of carbonyl (C=O) groups excluding carboxylic acids is 1. The lowest BCUT2D eigenvalue weighted by Crippen LogP contribution is -2.44. The van der Waals surface area contributed by atoms with Crippen molar-refractivity contribution in [2.24, 2.45) is 11.7 Å². The summed E-state index contributed by atoms with van der Waals surface area (Å²) in [5, 5.41) is 0. The number of nitrogens with one attached hydrogen (secondary N) is 1. The Morgan fingerprint density at radius 3 is 2.42 bits per heavy atom. The lowest BCUT2D eigenvalue weighted by Gasteiger charge is -2.23. The minimum absolute atomic E-state index is 0. The second kappa shape index (κ2) is 8.33. The number of ether oxygens (including phenoxy) is 1. The van der Waals surface area contributed by atoms with Crippen LogP contribution in [0.15, 0.2) is 9.31 Å². The molecule has 0 saturated heterocycles. The molecule has 24 heavy (non-hydrogen) atoms. The third-order valence-corrected chi connectivity index (χ3v) is 6.03. The minimum atomic E-state index is -3.93.